The van der Waals surface area contributed by atoms with Gasteiger partial charge in [0.1, 0.15) is 5.75 Å². The molecule has 0 saturated carbocycles. The Morgan fingerprint density at radius 3 is 2.31 bits per heavy atom. The predicted octanol–water partition coefficient (Wildman–Crippen LogP) is -0.662. The molecule has 0 atom stereocenters. The van der Waals surface area contributed by atoms with Crippen LogP contribution < -0.4 is 28.7 Å². The van der Waals surface area contributed by atoms with Crippen molar-refractivity contribution in [2.75, 3.05) is 34.8 Å². The van der Waals surface area contributed by atoms with Gasteiger partial charge in [-0.05, 0) is 18.1 Å². The Hall–Kier alpha value is -0.290. The van der Waals surface area contributed by atoms with Crippen LogP contribution in [0.5, 0.6) is 5.75 Å². The van der Waals surface area contributed by atoms with Crippen molar-refractivity contribution in [1.29, 1.82) is 0 Å². The van der Waals surface area contributed by atoms with Gasteiger partial charge in [0.15, 0.2) is 0 Å². The van der Waals surface area contributed by atoms with Gasteiger partial charge in [0, 0.05) is 6.42 Å². The quantitative estimate of drug-likeness (QED) is 0.513. The van der Waals surface area contributed by atoms with Crippen molar-refractivity contribution >= 4 is 0 Å². The molecule has 1 aromatic rings. The largest absolute Gasteiger partial charge is 1.00 e. The number of halogens is 1. The van der Waals surface area contributed by atoms with Gasteiger partial charge in [-0.3, -0.25) is 0 Å². The number of para-hydroxylation sites is 1. The van der Waals surface area contributed by atoms with Crippen LogP contribution in [0.15, 0.2) is 24.3 Å². The fraction of sp³-hybridized carbons (Fsp3) is 0.538. The van der Waals surface area contributed by atoms with Crippen molar-refractivity contribution in [1.82, 2.24) is 0 Å². The summed E-state index contributed by atoms with van der Waals surface area (Å²) in [6.07, 6.45) is 2.30. The number of ether oxygens (including phenoxy) is 1. The second-order valence-electron chi connectivity index (χ2n) is 4.93. The number of nitrogens with zero attached hydrogens (tertiary/aromatic N) is 1. The number of rotatable bonds is 5. The number of aryl methyl sites for hydroxylation is 1. The molecule has 0 aliphatic rings. The fourth-order valence-corrected chi connectivity index (χ4v) is 1.65. The summed E-state index contributed by atoms with van der Waals surface area (Å²) in [5, 5.41) is 0. The minimum Gasteiger partial charge on any atom is -1.00 e. The Labute approximate surface area is 116 Å². The lowest BCUT2D eigenvalue weighted by Gasteiger charge is -2.23. The van der Waals surface area contributed by atoms with Gasteiger partial charge in [-0.15, -0.1) is 0 Å². The maximum absolute atomic E-state index is 5.32. The summed E-state index contributed by atoms with van der Waals surface area (Å²) < 4.78 is 6.35. The molecule has 92 valence electrons. The Balaban J connectivity index is 0.00000225. The van der Waals surface area contributed by atoms with Crippen molar-refractivity contribution in [2.24, 2.45) is 0 Å². The Bertz CT molecular complexity index is 307. The molecule has 0 bridgehead atoms. The molecule has 0 aliphatic heterocycles. The van der Waals surface area contributed by atoms with E-state index in [2.05, 4.69) is 33.3 Å². The first-order valence-electron chi connectivity index (χ1n) is 5.45. The zero-order valence-electron chi connectivity index (χ0n) is 10.7. The van der Waals surface area contributed by atoms with Crippen LogP contribution in [0, 0.1) is 0 Å². The van der Waals surface area contributed by atoms with Gasteiger partial charge in [0.05, 0.1) is 34.8 Å². The molecule has 0 N–H and O–H groups in total. The molecule has 0 aliphatic carbocycles. The number of hydrogen-bond acceptors (Lipinski definition) is 1. The SMILES string of the molecule is COc1ccccc1CCC[N+](C)(C)C.[I-]. The van der Waals surface area contributed by atoms with Crippen LogP contribution in [0.2, 0.25) is 0 Å². The van der Waals surface area contributed by atoms with Gasteiger partial charge in [0.2, 0.25) is 0 Å². The Morgan fingerprint density at radius 2 is 1.75 bits per heavy atom. The maximum atomic E-state index is 5.32. The second-order valence-corrected chi connectivity index (χ2v) is 4.93. The first-order valence-corrected chi connectivity index (χ1v) is 5.45. The minimum absolute atomic E-state index is 0. The van der Waals surface area contributed by atoms with Crippen LogP contribution in [0.4, 0.5) is 0 Å². The van der Waals surface area contributed by atoms with Gasteiger partial charge in [-0.2, -0.15) is 0 Å². The number of quaternary nitrogens is 1. The average molecular weight is 335 g/mol. The van der Waals surface area contributed by atoms with E-state index in [-0.39, 0.29) is 24.0 Å². The molecule has 0 heterocycles. The van der Waals surface area contributed by atoms with E-state index in [1.54, 1.807) is 7.11 Å². The highest BCUT2D eigenvalue weighted by atomic mass is 127. The topological polar surface area (TPSA) is 9.23 Å². The molecule has 0 spiro atoms. The first-order chi connectivity index (χ1) is 7.03. The summed E-state index contributed by atoms with van der Waals surface area (Å²) in [5.41, 5.74) is 1.31. The summed E-state index contributed by atoms with van der Waals surface area (Å²) in [4.78, 5) is 0. The number of methoxy groups -OCH3 is 1. The van der Waals surface area contributed by atoms with Crippen LogP contribution >= 0.6 is 0 Å². The van der Waals surface area contributed by atoms with Gasteiger partial charge < -0.3 is 33.2 Å². The van der Waals surface area contributed by atoms with Crippen molar-refractivity contribution in [3.8, 4) is 5.75 Å². The number of hydrogen-bond donors (Lipinski definition) is 0. The van der Waals surface area contributed by atoms with E-state index in [4.69, 9.17) is 4.74 Å². The molecule has 16 heavy (non-hydrogen) atoms. The first kappa shape index (κ1) is 15.7. The zero-order chi connectivity index (χ0) is 11.3. The lowest BCUT2D eigenvalue weighted by molar-refractivity contribution is -0.870. The van der Waals surface area contributed by atoms with Crippen molar-refractivity contribution < 1.29 is 33.2 Å². The molecule has 1 rings (SSSR count). The highest BCUT2D eigenvalue weighted by Gasteiger charge is 2.07. The molecular weight excluding hydrogens is 313 g/mol. The van der Waals surface area contributed by atoms with Crippen molar-refractivity contribution in [2.45, 2.75) is 12.8 Å². The molecule has 0 aromatic heterocycles. The highest BCUT2D eigenvalue weighted by Crippen LogP contribution is 2.18. The number of benzene rings is 1. The molecule has 1 aromatic carbocycles. The molecule has 0 unspecified atom stereocenters. The third kappa shape index (κ3) is 5.70. The van der Waals surface area contributed by atoms with Crippen LogP contribution in [0.25, 0.3) is 0 Å². The van der Waals surface area contributed by atoms with E-state index >= 15 is 0 Å². The van der Waals surface area contributed by atoms with E-state index in [9.17, 15) is 0 Å². The second kappa shape index (κ2) is 7.12. The normalized spacial score (nSPS) is 10.8. The van der Waals surface area contributed by atoms with Crippen molar-refractivity contribution in [3.05, 3.63) is 29.8 Å². The van der Waals surface area contributed by atoms with Crippen LogP contribution in [-0.2, 0) is 6.42 Å². The fourth-order valence-electron chi connectivity index (χ4n) is 1.65. The van der Waals surface area contributed by atoms with E-state index < -0.39 is 0 Å². The molecule has 0 saturated heterocycles. The van der Waals surface area contributed by atoms with Crippen LogP contribution in [0.1, 0.15) is 12.0 Å². The molecule has 3 heteroatoms. The lowest BCUT2D eigenvalue weighted by atomic mass is 10.1. The third-order valence-corrected chi connectivity index (χ3v) is 2.47. The smallest absolute Gasteiger partial charge is 0.122 e. The summed E-state index contributed by atoms with van der Waals surface area (Å²) in [6.45, 7) is 1.19. The minimum atomic E-state index is 0. The van der Waals surface area contributed by atoms with Crippen LogP contribution in [-0.4, -0.2) is 39.3 Å². The molecule has 0 radical (unpaired) electrons. The van der Waals surface area contributed by atoms with Crippen LogP contribution in [0.3, 0.4) is 0 Å². The van der Waals surface area contributed by atoms with Gasteiger partial charge in [-0.1, -0.05) is 18.2 Å². The van der Waals surface area contributed by atoms with Gasteiger partial charge >= 0.3 is 0 Å². The zero-order valence-corrected chi connectivity index (χ0v) is 12.8. The Morgan fingerprint density at radius 1 is 1.12 bits per heavy atom. The molecular formula is C13H22INO. The van der Waals surface area contributed by atoms with Gasteiger partial charge in [0.25, 0.3) is 0 Å². The standard InChI is InChI=1S/C13H22NO.HI/c1-14(2,3)11-7-9-12-8-5-6-10-13(12)15-4;/h5-6,8,10H,7,9,11H2,1-4H3;1H/q+1;/p-1. The Kier molecular flexibility index (Phi) is 6.99. The van der Waals surface area contributed by atoms with Crippen molar-refractivity contribution in [3.63, 3.8) is 0 Å². The summed E-state index contributed by atoms with van der Waals surface area (Å²) in [5.74, 6) is 1.01. The maximum Gasteiger partial charge on any atom is 0.122 e. The highest BCUT2D eigenvalue weighted by molar-refractivity contribution is 5.33. The summed E-state index contributed by atoms with van der Waals surface area (Å²) in [6, 6.07) is 8.27. The molecule has 2 nitrogen and oxygen atoms in total. The molecule has 0 fully saturated rings. The van der Waals surface area contributed by atoms with E-state index in [0.717, 1.165) is 16.7 Å². The summed E-state index contributed by atoms with van der Waals surface area (Å²) in [7, 11) is 8.41. The van der Waals surface area contributed by atoms with Gasteiger partial charge in [-0.25, -0.2) is 0 Å². The van der Waals surface area contributed by atoms with E-state index in [0.29, 0.717) is 0 Å². The lowest BCUT2D eigenvalue weighted by Crippen LogP contribution is -3.00. The average Bonchev–Trinajstić information content (AvgIpc) is 2.16. The monoisotopic (exact) mass is 335 g/mol. The third-order valence-electron chi connectivity index (χ3n) is 2.47. The molecule has 0 amide bonds. The summed E-state index contributed by atoms with van der Waals surface area (Å²) >= 11 is 0. The van der Waals surface area contributed by atoms with E-state index in [1.165, 1.54) is 18.5 Å². The van der Waals surface area contributed by atoms with E-state index in [1.807, 2.05) is 12.1 Å². The predicted molar refractivity (Wildman–Crippen MR) is 64.2 cm³/mol.